The van der Waals surface area contributed by atoms with Gasteiger partial charge in [0.05, 0.1) is 0 Å². The van der Waals surface area contributed by atoms with Crippen LogP contribution >= 0.6 is 0 Å². The Hall–Kier alpha value is -3.18. The molecule has 0 unspecified atom stereocenters. The molecule has 0 atom stereocenters. The number of nitriles is 2. The van der Waals surface area contributed by atoms with E-state index >= 15 is 0 Å². The van der Waals surface area contributed by atoms with Crippen molar-refractivity contribution in [1.82, 2.24) is 9.97 Å². The van der Waals surface area contributed by atoms with E-state index in [4.69, 9.17) is 10.5 Å². The molecule has 2 rings (SSSR count). The molecule has 0 bridgehead atoms. The first-order chi connectivity index (χ1) is 9.35. The number of nitrogens with zero attached hydrogens (tertiary/aromatic N) is 4. The topological polar surface area (TPSA) is 85.4 Å². The van der Waals surface area contributed by atoms with Crippen LogP contribution in [-0.2, 0) is 0 Å². The van der Waals surface area contributed by atoms with Gasteiger partial charge in [-0.05, 0) is 6.07 Å². The molecule has 0 radical (unpaired) electrons. The summed E-state index contributed by atoms with van der Waals surface area (Å²) in [6, 6.07) is 11.1. The molecule has 0 aliphatic heterocycles. The minimum absolute atomic E-state index is 0.0131. The fourth-order valence-electron chi connectivity index (χ4n) is 1.54. The molecule has 0 aliphatic carbocycles. The number of rotatable bonds is 3. The second-order valence-electron chi connectivity index (χ2n) is 3.60. The maximum absolute atomic E-state index is 8.69. The van der Waals surface area contributed by atoms with Crippen LogP contribution in [0.2, 0.25) is 0 Å². The van der Waals surface area contributed by atoms with E-state index in [2.05, 4.69) is 15.3 Å². The first-order valence-corrected chi connectivity index (χ1v) is 5.46. The molecule has 19 heavy (non-hydrogen) atoms. The van der Waals surface area contributed by atoms with E-state index in [9.17, 15) is 0 Å². The van der Waals surface area contributed by atoms with Gasteiger partial charge in [-0.2, -0.15) is 10.5 Å². The van der Waals surface area contributed by atoms with Crippen molar-refractivity contribution in [3.63, 3.8) is 0 Å². The van der Waals surface area contributed by atoms with E-state index in [1.807, 2.05) is 24.3 Å². The van der Waals surface area contributed by atoms with E-state index in [-0.39, 0.29) is 5.57 Å². The highest BCUT2D eigenvalue weighted by Gasteiger charge is 2.03. The third-order valence-electron chi connectivity index (χ3n) is 2.41. The van der Waals surface area contributed by atoms with E-state index in [0.29, 0.717) is 0 Å². The number of nitrogens with one attached hydrogen (secondary N) is 1. The van der Waals surface area contributed by atoms with Crippen LogP contribution in [-0.4, -0.2) is 9.97 Å². The summed E-state index contributed by atoms with van der Waals surface area (Å²) in [7, 11) is 0. The SMILES string of the molecule is N#CC(C#N)=CNc1ccccc1-c1cncnc1. The number of hydrogen-bond acceptors (Lipinski definition) is 5. The van der Waals surface area contributed by atoms with Crippen molar-refractivity contribution in [3.05, 3.63) is 54.8 Å². The second kappa shape index (κ2) is 5.95. The van der Waals surface area contributed by atoms with Gasteiger partial charge >= 0.3 is 0 Å². The highest BCUT2D eigenvalue weighted by atomic mass is 14.9. The zero-order valence-corrected chi connectivity index (χ0v) is 9.91. The summed E-state index contributed by atoms with van der Waals surface area (Å²) in [5, 5.41) is 20.3. The van der Waals surface area contributed by atoms with Crippen LogP contribution in [0.4, 0.5) is 5.69 Å². The predicted octanol–water partition coefficient (Wildman–Crippen LogP) is 2.49. The number of anilines is 1. The minimum atomic E-state index is 0.0131. The van der Waals surface area contributed by atoms with Crippen molar-refractivity contribution in [1.29, 1.82) is 10.5 Å². The van der Waals surface area contributed by atoms with Gasteiger partial charge < -0.3 is 5.32 Å². The lowest BCUT2D eigenvalue weighted by molar-refractivity contribution is 1.17. The maximum Gasteiger partial charge on any atom is 0.145 e. The molecule has 0 fully saturated rings. The molecule has 0 amide bonds. The van der Waals surface area contributed by atoms with Crippen LogP contribution < -0.4 is 5.32 Å². The Balaban J connectivity index is 2.36. The molecule has 0 aliphatic rings. The quantitative estimate of drug-likeness (QED) is 0.842. The van der Waals surface area contributed by atoms with Crippen molar-refractivity contribution < 1.29 is 0 Å². The monoisotopic (exact) mass is 247 g/mol. The van der Waals surface area contributed by atoms with Crippen LogP contribution in [0.1, 0.15) is 0 Å². The average Bonchev–Trinajstić information content (AvgIpc) is 2.49. The van der Waals surface area contributed by atoms with Crippen LogP contribution in [0.5, 0.6) is 0 Å². The Morgan fingerprint density at radius 2 is 1.79 bits per heavy atom. The highest BCUT2D eigenvalue weighted by molar-refractivity contribution is 5.77. The van der Waals surface area contributed by atoms with Crippen molar-refractivity contribution in [3.8, 4) is 23.3 Å². The predicted molar refractivity (Wildman–Crippen MR) is 70.4 cm³/mol. The lowest BCUT2D eigenvalue weighted by atomic mass is 10.1. The van der Waals surface area contributed by atoms with Gasteiger partial charge in [-0.25, -0.2) is 9.97 Å². The summed E-state index contributed by atoms with van der Waals surface area (Å²) in [5.74, 6) is 0. The largest absolute Gasteiger partial charge is 0.359 e. The van der Waals surface area contributed by atoms with Crippen molar-refractivity contribution >= 4 is 5.69 Å². The van der Waals surface area contributed by atoms with Gasteiger partial charge in [0, 0.05) is 35.4 Å². The van der Waals surface area contributed by atoms with Crippen LogP contribution in [0.15, 0.2) is 54.8 Å². The maximum atomic E-state index is 8.69. The van der Waals surface area contributed by atoms with Gasteiger partial charge in [-0.1, -0.05) is 18.2 Å². The lowest BCUT2D eigenvalue weighted by Crippen LogP contribution is -1.93. The average molecular weight is 247 g/mol. The Morgan fingerprint density at radius 1 is 1.11 bits per heavy atom. The van der Waals surface area contributed by atoms with Gasteiger partial charge in [0.25, 0.3) is 0 Å². The molecule has 0 saturated heterocycles. The van der Waals surface area contributed by atoms with Crippen LogP contribution in [0.25, 0.3) is 11.1 Å². The summed E-state index contributed by atoms with van der Waals surface area (Å²) in [4.78, 5) is 7.94. The van der Waals surface area contributed by atoms with Gasteiger partial charge in [-0.15, -0.1) is 0 Å². The third kappa shape index (κ3) is 2.93. The number of aromatic nitrogens is 2. The van der Waals surface area contributed by atoms with Crippen molar-refractivity contribution in [2.75, 3.05) is 5.32 Å². The van der Waals surface area contributed by atoms with E-state index in [1.54, 1.807) is 24.5 Å². The van der Waals surface area contributed by atoms with E-state index in [0.717, 1.165) is 16.8 Å². The van der Waals surface area contributed by atoms with E-state index in [1.165, 1.54) is 12.5 Å². The van der Waals surface area contributed by atoms with Crippen LogP contribution in [0.3, 0.4) is 0 Å². The number of allylic oxidation sites excluding steroid dienone is 1. The molecule has 1 aromatic carbocycles. The minimum Gasteiger partial charge on any atom is -0.359 e. The van der Waals surface area contributed by atoms with Crippen LogP contribution in [0, 0.1) is 22.7 Å². The van der Waals surface area contributed by atoms with Crippen molar-refractivity contribution in [2.45, 2.75) is 0 Å². The fourth-order valence-corrected chi connectivity index (χ4v) is 1.54. The Morgan fingerprint density at radius 3 is 2.47 bits per heavy atom. The van der Waals surface area contributed by atoms with E-state index < -0.39 is 0 Å². The molecule has 0 spiro atoms. The lowest BCUT2D eigenvalue weighted by Gasteiger charge is -2.08. The molecule has 5 nitrogen and oxygen atoms in total. The molecule has 1 aromatic heterocycles. The number of benzene rings is 1. The molecular formula is C14H9N5. The highest BCUT2D eigenvalue weighted by Crippen LogP contribution is 2.26. The third-order valence-corrected chi connectivity index (χ3v) is 2.41. The zero-order chi connectivity index (χ0) is 13.5. The molecule has 0 saturated carbocycles. The first kappa shape index (κ1) is 12.3. The summed E-state index contributed by atoms with van der Waals surface area (Å²) >= 11 is 0. The number of para-hydroxylation sites is 1. The molecule has 5 heteroatoms. The second-order valence-corrected chi connectivity index (χ2v) is 3.60. The standard InChI is InChI=1S/C14H9N5/c15-5-11(6-16)7-19-14-4-2-1-3-13(14)12-8-17-10-18-9-12/h1-4,7-10,19H. The van der Waals surface area contributed by atoms with Gasteiger partial charge in [0.15, 0.2) is 0 Å². The smallest absolute Gasteiger partial charge is 0.145 e. The Labute approximate surface area is 110 Å². The molecule has 1 heterocycles. The van der Waals surface area contributed by atoms with Gasteiger partial charge in [-0.3, -0.25) is 0 Å². The first-order valence-electron chi connectivity index (χ1n) is 5.46. The molecule has 90 valence electrons. The zero-order valence-electron chi connectivity index (χ0n) is 9.91. The fraction of sp³-hybridized carbons (Fsp3) is 0. The summed E-state index contributed by atoms with van der Waals surface area (Å²) in [5.41, 5.74) is 2.54. The number of hydrogen-bond donors (Lipinski definition) is 1. The van der Waals surface area contributed by atoms with Crippen molar-refractivity contribution in [2.24, 2.45) is 0 Å². The van der Waals surface area contributed by atoms with Gasteiger partial charge in [0.2, 0.25) is 0 Å². The molecule has 2 aromatic rings. The summed E-state index contributed by atoms with van der Waals surface area (Å²) in [6.07, 6.45) is 6.24. The normalized spacial score (nSPS) is 8.95. The molecule has 1 N–H and O–H groups in total. The Kier molecular flexibility index (Phi) is 3.84. The summed E-state index contributed by atoms with van der Waals surface area (Å²) in [6.45, 7) is 0. The summed E-state index contributed by atoms with van der Waals surface area (Å²) < 4.78 is 0. The molecular weight excluding hydrogens is 238 g/mol. The van der Waals surface area contributed by atoms with Gasteiger partial charge in [0.1, 0.15) is 24.0 Å². The Bertz CT molecular complexity index is 661.